The van der Waals surface area contributed by atoms with Gasteiger partial charge in [-0.25, -0.2) is 9.69 Å². The molecule has 0 spiro atoms. The van der Waals surface area contributed by atoms with Crippen molar-refractivity contribution in [1.82, 2.24) is 4.90 Å². The Morgan fingerprint density at radius 2 is 1.61 bits per heavy atom. The van der Waals surface area contributed by atoms with Crippen molar-refractivity contribution in [3.63, 3.8) is 0 Å². The molecule has 8 nitrogen and oxygen atoms in total. The molecule has 1 fully saturated rings. The second-order valence-corrected chi connectivity index (χ2v) is 11.0. The quantitative estimate of drug-likeness (QED) is 0.263. The first-order chi connectivity index (χ1) is 19.6. The summed E-state index contributed by atoms with van der Waals surface area (Å²) in [5, 5.41) is 0. The Morgan fingerprint density at radius 1 is 0.951 bits per heavy atom. The molecule has 1 saturated heterocycles. The van der Waals surface area contributed by atoms with Crippen molar-refractivity contribution in [1.29, 1.82) is 0 Å². The molecule has 216 valence electrons. The zero-order valence-corrected chi connectivity index (χ0v) is 24.0. The Bertz CT molecular complexity index is 1330. The molecular formula is C33H37NO7. The van der Waals surface area contributed by atoms with Crippen LogP contribution >= 0.6 is 0 Å². The van der Waals surface area contributed by atoms with Crippen molar-refractivity contribution in [3.8, 4) is 11.5 Å². The second-order valence-electron chi connectivity index (χ2n) is 11.0. The summed E-state index contributed by atoms with van der Waals surface area (Å²) in [7, 11) is 1.53. The van der Waals surface area contributed by atoms with E-state index < -0.39 is 35.5 Å². The number of cyclic esters (lactones) is 1. The third kappa shape index (κ3) is 8.10. The van der Waals surface area contributed by atoms with Crippen LogP contribution in [0.3, 0.4) is 0 Å². The van der Waals surface area contributed by atoms with Crippen LogP contribution in [0.15, 0.2) is 78.9 Å². The van der Waals surface area contributed by atoms with E-state index in [1.54, 1.807) is 39.0 Å². The summed E-state index contributed by atoms with van der Waals surface area (Å²) in [5.41, 5.74) is 1.93. The first kappa shape index (κ1) is 29.6. The lowest BCUT2D eigenvalue weighted by atomic mass is 9.91. The molecule has 0 saturated carbocycles. The molecule has 0 aromatic heterocycles. The minimum Gasteiger partial charge on any atom is -0.493 e. The standard InChI is InChI=1S/C33H37NO7/c1-33(2,3)41-30(35)18-16-27(31(36)34-26(22-40-32(34)37)19-23-11-7-5-8-12-23)25-15-17-28(29(20-25)38-4)39-21-24-13-9-6-10-14-24/h5-15,17,20,26-27H,16,18-19,21-22H2,1-4H3/t26-,27-/m0/s1. The SMILES string of the molecule is COc1cc([C@H](CCC(=O)OC(C)(C)C)C(=O)N2C(=O)OC[C@@H]2Cc2ccccc2)ccc1OCc1ccccc1. The Hall–Kier alpha value is -4.33. The minimum atomic E-state index is -0.816. The number of benzene rings is 3. The summed E-state index contributed by atoms with van der Waals surface area (Å²) in [5.74, 6) is -0.713. The Kier molecular flexibility index (Phi) is 9.65. The number of hydrogen-bond donors (Lipinski definition) is 0. The third-order valence-corrected chi connectivity index (χ3v) is 6.70. The number of carbonyl (C=O) groups is 3. The predicted molar refractivity (Wildman–Crippen MR) is 154 cm³/mol. The summed E-state index contributed by atoms with van der Waals surface area (Å²) < 4.78 is 22.4. The second kappa shape index (κ2) is 13.4. The van der Waals surface area contributed by atoms with Gasteiger partial charge in [-0.15, -0.1) is 0 Å². The summed E-state index contributed by atoms with van der Waals surface area (Å²) in [6.07, 6.45) is -0.0857. The largest absolute Gasteiger partial charge is 0.493 e. The van der Waals surface area contributed by atoms with Gasteiger partial charge in [0.15, 0.2) is 11.5 Å². The highest BCUT2D eigenvalue weighted by Crippen LogP contribution is 2.35. The molecule has 0 aliphatic carbocycles. The molecule has 0 unspecified atom stereocenters. The number of imide groups is 1. The van der Waals surface area contributed by atoms with Crippen LogP contribution in [-0.4, -0.2) is 48.2 Å². The fraction of sp³-hybridized carbons (Fsp3) is 0.364. The summed E-state index contributed by atoms with van der Waals surface area (Å²) >= 11 is 0. The smallest absolute Gasteiger partial charge is 0.417 e. The van der Waals surface area contributed by atoms with E-state index in [-0.39, 0.29) is 19.4 Å². The molecule has 41 heavy (non-hydrogen) atoms. The van der Waals surface area contributed by atoms with Gasteiger partial charge >= 0.3 is 12.1 Å². The number of ether oxygens (including phenoxy) is 4. The number of rotatable bonds is 11. The molecule has 8 heteroatoms. The van der Waals surface area contributed by atoms with Crippen molar-refractivity contribution >= 4 is 18.0 Å². The maximum absolute atomic E-state index is 14.1. The van der Waals surface area contributed by atoms with E-state index in [1.165, 1.54) is 12.0 Å². The molecule has 1 aliphatic heterocycles. The average Bonchev–Trinajstić information content (AvgIpc) is 3.31. The molecule has 4 rings (SSSR count). The summed E-state index contributed by atoms with van der Waals surface area (Å²) in [6.45, 7) is 5.83. The molecule has 1 aliphatic rings. The van der Waals surface area contributed by atoms with Gasteiger partial charge in [0.25, 0.3) is 0 Å². The van der Waals surface area contributed by atoms with Crippen LogP contribution in [0.25, 0.3) is 0 Å². The number of nitrogens with zero attached hydrogens (tertiary/aromatic N) is 1. The molecule has 3 aromatic rings. The molecule has 0 bridgehead atoms. The van der Waals surface area contributed by atoms with Gasteiger partial charge in [0.1, 0.15) is 18.8 Å². The third-order valence-electron chi connectivity index (χ3n) is 6.70. The van der Waals surface area contributed by atoms with E-state index in [4.69, 9.17) is 18.9 Å². The van der Waals surface area contributed by atoms with Crippen LogP contribution in [0.2, 0.25) is 0 Å². The zero-order chi connectivity index (χ0) is 29.4. The first-order valence-electron chi connectivity index (χ1n) is 13.7. The van der Waals surface area contributed by atoms with Crippen molar-refractivity contribution in [2.45, 2.75) is 64.2 Å². The van der Waals surface area contributed by atoms with Gasteiger partial charge in [0, 0.05) is 6.42 Å². The van der Waals surface area contributed by atoms with Crippen LogP contribution in [0.1, 0.15) is 56.2 Å². The van der Waals surface area contributed by atoms with Crippen LogP contribution < -0.4 is 9.47 Å². The Morgan fingerprint density at radius 3 is 2.24 bits per heavy atom. The molecule has 0 N–H and O–H groups in total. The van der Waals surface area contributed by atoms with E-state index >= 15 is 0 Å². The molecular weight excluding hydrogens is 522 g/mol. The fourth-order valence-electron chi connectivity index (χ4n) is 4.78. The molecule has 2 atom stereocenters. The lowest BCUT2D eigenvalue weighted by Gasteiger charge is -2.26. The lowest BCUT2D eigenvalue weighted by molar-refractivity contribution is -0.155. The zero-order valence-electron chi connectivity index (χ0n) is 24.0. The van der Waals surface area contributed by atoms with Crippen molar-refractivity contribution in [3.05, 3.63) is 95.6 Å². The minimum absolute atomic E-state index is 0.00547. The van der Waals surface area contributed by atoms with Gasteiger partial charge in [0.05, 0.1) is 19.1 Å². The molecule has 2 amide bonds. The first-order valence-corrected chi connectivity index (χ1v) is 13.7. The molecule has 3 aromatic carbocycles. The lowest BCUT2D eigenvalue weighted by Crippen LogP contribution is -2.43. The van der Waals surface area contributed by atoms with Gasteiger partial charge in [-0.05, 0) is 62.4 Å². The monoisotopic (exact) mass is 559 g/mol. The van der Waals surface area contributed by atoms with Crippen molar-refractivity contribution in [2.75, 3.05) is 13.7 Å². The number of esters is 1. The average molecular weight is 560 g/mol. The number of hydrogen-bond acceptors (Lipinski definition) is 7. The van der Waals surface area contributed by atoms with Crippen LogP contribution in [0.5, 0.6) is 11.5 Å². The van der Waals surface area contributed by atoms with Gasteiger partial charge in [-0.1, -0.05) is 66.7 Å². The van der Waals surface area contributed by atoms with Crippen molar-refractivity contribution in [2.24, 2.45) is 0 Å². The van der Waals surface area contributed by atoms with E-state index in [9.17, 15) is 14.4 Å². The highest BCUT2D eigenvalue weighted by atomic mass is 16.6. The van der Waals surface area contributed by atoms with Gasteiger partial charge in [-0.2, -0.15) is 0 Å². The highest BCUT2D eigenvalue weighted by molar-refractivity contribution is 5.97. The Labute approximate surface area is 241 Å². The van der Waals surface area contributed by atoms with Crippen LogP contribution in [0, 0.1) is 0 Å². The number of methoxy groups -OCH3 is 1. The molecule has 1 heterocycles. The number of carbonyl (C=O) groups excluding carboxylic acids is 3. The summed E-state index contributed by atoms with van der Waals surface area (Å²) in [6, 6.07) is 24.2. The van der Waals surface area contributed by atoms with E-state index in [0.717, 1.165) is 11.1 Å². The Balaban J connectivity index is 1.59. The van der Waals surface area contributed by atoms with E-state index in [2.05, 4.69) is 0 Å². The highest BCUT2D eigenvalue weighted by Gasteiger charge is 2.41. The maximum Gasteiger partial charge on any atom is 0.417 e. The van der Waals surface area contributed by atoms with E-state index in [0.29, 0.717) is 30.1 Å². The van der Waals surface area contributed by atoms with Gasteiger partial charge in [0.2, 0.25) is 5.91 Å². The fourth-order valence-corrected chi connectivity index (χ4v) is 4.78. The van der Waals surface area contributed by atoms with Crippen LogP contribution in [0.4, 0.5) is 4.79 Å². The van der Waals surface area contributed by atoms with Gasteiger partial charge in [-0.3, -0.25) is 9.59 Å². The maximum atomic E-state index is 14.1. The normalized spacial score (nSPS) is 15.7. The van der Waals surface area contributed by atoms with E-state index in [1.807, 2.05) is 60.7 Å². The summed E-state index contributed by atoms with van der Waals surface area (Å²) in [4.78, 5) is 40.7. The topological polar surface area (TPSA) is 91.4 Å². The van der Waals surface area contributed by atoms with Gasteiger partial charge < -0.3 is 18.9 Å². The van der Waals surface area contributed by atoms with Crippen LogP contribution in [-0.2, 0) is 32.1 Å². The number of amides is 2. The van der Waals surface area contributed by atoms with Crippen molar-refractivity contribution < 1.29 is 33.3 Å². The molecule has 0 radical (unpaired) electrons. The predicted octanol–water partition coefficient (Wildman–Crippen LogP) is 6.07.